The van der Waals surface area contributed by atoms with E-state index in [1.807, 2.05) is 31.2 Å². The summed E-state index contributed by atoms with van der Waals surface area (Å²) in [6.45, 7) is 2.37. The summed E-state index contributed by atoms with van der Waals surface area (Å²) in [4.78, 5) is 14.2. The molecule has 0 aliphatic carbocycles. The summed E-state index contributed by atoms with van der Waals surface area (Å²) in [5.41, 5.74) is 8.95. The molecular weight excluding hydrogens is 352 g/mol. The minimum Gasteiger partial charge on any atom is -0.398 e. The predicted octanol–water partition coefficient (Wildman–Crippen LogP) is 4.27. The van der Waals surface area contributed by atoms with Crippen molar-refractivity contribution in [3.05, 3.63) is 62.6 Å². The Morgan fingerprint density at radius 2 is 1.90 bits per heavy atom. The highest BCUT2D eigenvalue weighted by Gasteiger charge is 2.16. The van der Waals surface area contributed by atoms with Crippen LogP contribution in [0.1, 0.15) is 21.5 Å². The SMILES string of the molecule is Cc1c(N)cc(Br)cc1C(=O)N(C)Cc1ccc(Cl)cc1. The highest BCUT2D eigenvalue weighted by Crippen LogP contribution is 2.24. The van der Waals surface area contributed by atoms with Gasteiger partial charge in [-0.1, -0.05) is 39.7 Å². The molecule has 0 fully saturated rings. The van der Waals surface area contributed by atoms with Crippen LogP contribution in [0.4, 0.5) is 5.69 Å². The van der Waals surface area contributed by atoms with Gasteiger partial charge in [0.25, 0.3) is 5.91 Å². The smallest absolute Gasteiger partial charge is 0.254 e. The molecule has 110 valence electrons. The lowest BCUT2D eigenvalue weighted by Crippen LogP contribution is -2.27. The van der Waals surface area contributed by atoms with Crippen molar-refractivity contribution in [1.29, 1.82) is 0 Å². The summed E-state index contributed by atoms with van der Waals surface area (Å²) in [6.07, 6.45) is 0. The lowest BCUT2D eigenvalue weighted by atomic mass is 10.1. The zero-order chi connectivity index (χ0) is 15.6. The van der Waals surface area contributed by atoms with Gasteiger partial charge in [-0.05, 0) is 42.3 Å². The van der Waals surface area contributed by atoms with Crippen LogP contribution in [0, 0.1) is 6.92 Å². The van der Waals surface area contributed by atoms with Crippen LogP contribution in [0.25, 0.3) is 0 Å². The molecule has 0 saturated heterocycles. The normalized spacial score (nSPS) is 10.5. The zero-order valence-corrected chi connectivity index (χ0v) is 14.2. The number of nitrogen functional groups attached to an aromatic ring is 1. The van der Waals surface area contributed by atoms with E-state index in [4.69, 9.17) is 17.3 Å². The van der Waals surface area contributed by atoms with E-state index in [1.54, 1.807) is 24.1 Å². The number of halogens is 2. The van der Waals surface area contributed by atoms with Crippen LogP contribution in [0.2, 0.25) is 5.02 Å². The molecule has 0 atom stereocenters. The Balaban J connectivity index is 2.21. The maximum absolute atomic E-state index is 12.6. The number of carbonyl (C=O) groups excluding carboxylic acids is 1. The first-order valence-corrected chi connectivity index (χ1v) is 7.61. The molecule has 1 amide bonds. The van der Waals surface area contributed by atoms with Gasteiger partial charge in [-0.25, -0.2) is 0 Å². The van der Waals surface area contributed by atoms with Crippen molar-refractivity contribution in [2.24, 2.45) is 0 Å². The van der Waals surface area contributed by atoms with E-state index in [0.717, 1.165) is 15.6 Å². The molecule has 0 radical (unpaired) electrons. The fraction of sp³-hybridized carbons (Fsp3) is 0.188. The molecule has 0 saturated carbocycles. The number of anilines is 1. The quantitative estimate of drug-likeness (QED) is 0.824. The highest BCUT2D eigenvalue weighted by atomic mass is 79.9. The summed E-state index contributed by atoms with van der Waals surface area (Å²) in [5.74, 6) is -0.0598. The van der Waals surface area contributed by atoms with Crippen LogP contribution in [0.15, 0.2) is 40.9 Å². The van der Waals surface area contributed by atoms with E-state index in [0.29, 0.717) is 22.8 Å². The molecule has 0 aliphatic heterocycles. The molecule has 0 heterocycles. The lowest BCUT2D eigenvalue weighted by Gasteiger charge is -2.19. The monoisotopic (exact) mass is 366 g/mol. The van der Waals surface area contributed by atoms with Gasteiger partial charge in [0.2, 0.25) is 0 Å². The molecule has 0 spiro atoms. The molecule has 3 nitrogen and oxygen atoms in total. The fourth-order valence-electron chi connectivity index (χ4n) is 2.06. The van der Waals surface area contributed by atoms with Crippen molar-refractivity contribution in [1.82, 2.24) is 4.90 Å². The third-order valence-electron chi connectivity index (χ3n) is 3.32. The number of hydrogen-bond donors (Lipinski definition) is 1. The number of nitrogens with zero attached hydrogens (tertiary/aromatic N) is 1. The van der Waals surface area contributed by atoms with E-state index >= 15 is 0 Å². The molecular formula is C16H16BrClN2O. The molecule has 0 aromatic heterocycles. The second-order valence-corrected chi connectivity index (χ2v) is 6.31. The van der Waals surface area contributed by atoms with Gasteiger partial charge in [0.1, 0.15) is 0 Å². The maximum atomic E-state index is 12.6. The maximum Gasteiger partial charge on any atom is 0.254 e. The van der Waals surface area contributed by atoms with E-state index in [-0.39, 0.29) is 5.91 Å². The third-order valence-corrected chi connectivity index (χ3v) is 4.03. The number of benzene rings is 2. The second kappa shape index (κ2) is 6.50. The van der Waals surface area contributed by atoms with Crippen molar-refractivity contribution in [2.45, 2.75) is 13.5 Å². The van der Waals surface area contributed by atoms with E-state index < -0.39 is 0 Å². The van der Waals surface area contributed by atoms with Crippen molar-refractivity contribution < 1.29 is 4.79 Å². The minimum absolute atomic E-state index is 0.0598. The van der Waals surface area contributed by atoms with Gasteiger partial charge in [-0.2, -0.15) is 0 Å². The van der Waals surface area contributed by atoms with Crippen LogP contribution in [-0.4, -0.2) is 17.9 Å². The van der Waals surface area contributed by atoms with E-state index in [2.05, 4.69) is 15.9 Å². The number of nitrogens with two attached hydrogens (primary N) is 1. The zero-order valence-electron chi connectivity index (χ0n) is 11.9. The van der Waals surface area contributed by atoms with Crippen molar-refractivity contribution >= 4 is 39.1 Å². The molecule has 2 aromatic carbocycles. The molecule has 2 rings (SSSR count). The Hall–Kier alpha value is -1.52. The van der Waals surface area contributed by atoms with Gasteiger partial charge < -0.3 is 10.6 Å². The predicted molar refractivity (Wildman–Crippen MR) is 90.5 cm³/mol. The van der Waals surface area contributed by atoms with Gasteiger partial charge >= 0.3 is 0 Å². The van der Waals surface area contributed by atoms with Crippen molar-refractivity contribution in [2.75, 3.05) is 12.8 Å². The van der Waals surface area contributed by atoms with Crippen molar-refractivity contribution in [3.63, 3.8) is 0 Å². The molecule has 0 aliphatic rings. The largest absolute Gasteiger partial charge is 0.398 e. The van der Waals surface area contributed by atoms with Crippen molar-refractivity contribution in [3.8, 4) is 0 Å². The molecule has 5 heteroatoms. The molecule has 2 N–H and O–H groups in total. The van der Waals surface area contributed by atoms with Gasteiger partial charge in [0.05, 0.1) is 0 Å². The Morgan fingerprint density at radius 3 is 2.52 bits per heavy atom. The number of carbonyl (C=O) groups is 1. The fourth-order valence-corrected chi connectivity index (χ4v) is 2.66. The summed E-state index contributed by atoms with van der Waals surface area (Å²) in [5, 5.41) is 0.684. The van der Waals surface area contributed by atoms with E-state index in [9.17, 15) is 4.79 Å². The van der Waals surface area contributed by atoms with Gasteiger partial charge in [0.15, 0.2) is 0 Å². The molecule has 0 bridgehead atoms. The first kappa shape index (κ1) is 15.9. The summed E-state index contributed by atoms with van der Waals surface area (Å²) >= 11 is 9.24. The summed E-state index contributed by atoms with van der Waals surface area (Å²) in [6, 6.07) is 11.1. The highest BCUT2D eigenvalue weighted by molar-refractivity contribution is 9.10. The topological polar surface area (TPSA) is 46.3 Å². The van der Waals surface area contributed by atoms with Gasteiger partial charge in [-0.3, -0.25) is 4.79 Å². The first-order valence-electron chi connectivity index (χ1n) is 6.44. The Bertz CT molecular complexity index is 671. The standard InChI is InChI=1S/C16H16BrClN2O/c1-10-14(7-12(17)8-15(10)19)16(21)20(2)9-11-3-5-13(18)6-4-11/h3-8H,9,19H2,1-2H3. The molecule has 21 heavy (non-hydrogen) atoms. The number of amides is 1. The van der Waals surface area contributed by atoms with Crippen LogP contribution < -0.4 is 5.73 Å². The number of hydrogen-bond acceptors (Lipinski definition) is 2. The first-order chi connectivity index (χ1) is 9.88. The van der Waals surface area contributed by atoms with E-state index in [1.165, 1.54) is 0 Å². The van der Waals surface area contributed by atoms with Gasteiger partial charge in [0, 0.05) is 34.3 Å². The lowest BCUT2D eigenvalue weighted by molar-refractivity contribution is 0.0784. The average molecular weight is 368 g/mol. The Kier molecular flexibility index (Phi) is 4.91. The minimum atomic E-state index is -0.0598. The Morgan fingerprint density at radius 1 is 1.29 bits per heavy atom. The summed E-state index contributed by atoms with van der Waals surface area (Å²) in [7, 11) is 1.77. The molecule has 0 unspecified atom stereocenters. The second-order valence-electron chi connectivity index (χ2n) is 4.96. The Labute approximate surface area is 137 Å². The van der Waals surface area contributed by atoms with Crippen LogP contribution in [-0.2, 0) is 6.54 Å². The summed E-state index contributed by atoms with van der Waals surface area (Å²) < 4.78 is 0.800. The van der Waals surface area contributed by atoms with Crippen LogP contribution in [0.3, 0.4) is 0 Å². The van der Waals surface area contributed by atoms with Crippen LogP contribution in [0.5, 0.6) is 0 Å². The molecule has 2 aromatic rings. The number of rotatable bonds is 3. The average Bonchev–Trinajstić information content (AvgIpc) is 2.44. The van der Waals surface area contributed by atoms with Crippen LogP contribution >= 0.6 is 27.5 Å². The van der Waals surface area contributed by atoms with Gasteiger partial charge in [-0.15, -0.1) is 0 Å². The third kappa shape index (κ3) is 3.77.